The van der Waals surface area contributed by atoms with Gasteiger partial charge in [-0.3, -0.25) is 0 Å². The first kappa shape index (κ1) is 14.6. The molecule has 2 aromatic rings. The Balaban J connectivity index is 2.61. The van der Waals surface area contributed by atoms with Crippen LogP contribution in [0.25, 0.3) is 11.0 Å². The summed E-state index contributed by atoms with van der Waals surface area (Å²) in [6.07, 6.45) is 3.95. The summed E-state index contributed by atoms with van der Waals surface area (Å²) < 4.78 is 5.50. The van der Waals surface area contributed by atoms with Crippen LogP contribution >= 0.6 is 0 Å². The largest absolute Gasteiger partial charge is 0.507 e. The average Bonchev–Trinajstić information content (AvgIpc) is 2.44. The number of phenols is 1. The van der Waals surface area contributed by atoms with Gasteiger partial charge >= 0.3 is 5.63 Å². The molecule has 0 saturated carbocycles. The Morgan fingerprint density at radius 3 is 2.45 bits per heavy atom. The Kier molecular flexibility index (Phi) is 4.17. The Hall–Kier alpha value is -1.77. The summed E-state index contributed by atoms with van der Waals surface area (Å²) in [4.78, 5) is 12.1. The summed E-state index contributed by atoms with van der Waals surface area (Å²) >= 11 is 0. The highest BCUT2D eigenvalue weighted by Gasteiger charge is 2.15. The molecule has 0 bridgehead atoms. The number of aryl methyl sites for hydroxylation is 3. The first-order valence-corrected chi connectivity index (χ1v) is 7.22. The molecule has 0 unspecified atom stereocenters. The van der Waals surface area contributed by atoms with E-state index in [0.29, 0.717) is 16.9 Å². The predicted octanol–water partition coefficient (Wildman–Crippen LogP) is 4.16. The summed E-state index contributed by atoms with van der Waals surface area (Å²) in [6, 6.07) is 1.89. The average molecular weight is 274 g/mol. The number of unbranched alkanes of at least 4 members (excludes halogenated alkanes) is 2. The highest BCUT2D eigenvalue weighted by molar-refractivity contribution is 5.87. The lowest BCUT2D eigenvalue weighted by Crippen LogP contribution is -2.08. The van der Waals surface area contributed by atoms with E-state index in [1.807, 2.05) is 26.8 Å². The van der Waals surface area contributed by atoms with Crippen LogP contribution in [0.4, 0.5) is 0 Å². The van der Waals surface area contributed by atoms with Crippen molar-refractivity contribution in [2.75, 3.05) is 0 Å². The standard InChI is InChI=1S/C17H22O3/c1-5-6-7-8-13-9-14-12(4)15(18)10(2)11(3)16(14)20-17(13)19/h9,18H,5-8H2,1-4H3. The van der Waals surface area contributed by atoms with Crippen molar-refractivity contribution in [1.82, 2.24) is 0 Å². The molecule has 0 amide bonds. The summed E-state index contributed by atoms with van der Waals surface area (Å²) in [5.74, 6) is 0.295. The van der Waals surface area contributed by atoms with E-state index in [1.165, 1.54) is 0 Å². The Labute approximate surface area is 119 Å². The number of benzene rings is 1. The van der Waals surface area contributed by atoms with Crippen molar-refractivity contribution in [1.29, 1.82) is 0 Å². The van der Waals surface area contributed by atoms with E-state index >= 15 is 0 Å². The zero-order chi connectivity index (χ0) is 14.9. The topological polar surface area (TPSA) is 50.4 Å². The first-order valence-electron chi connectivity index (χ1n) is 7.22. The van der Waals surface area contributed by atoms with E-state index in [4.69, 9.17) is 4.42 Å². The van der Waals surface area contributed by atoms with Crippen LogP contribution in [0.1, 0.15) is 48.4 Å². The van der Waals surface area contributed by atoms with Crippen LogP contribution in [0.3, 0.4) is 0 Å². The molecule has 0 aliphatic heterocycles. The highest BCUT2D eigenvalue weighted by Crippen LogP contribution is 2.33. The van der Waals surface area contributed by atoms with Gasteiger partial charge in [0.15, 0.2) is 0 Å². The second-order valence-electron chi connectivity index (χ2n) is 5.48. The van der Waals surface area contributed by atoms with E-state index in [0.717, 1.165) is 47.8 Å². The van der Waals surface area contributed by atoms with E-state index in [9.17, 15) is 9.90 Å². The van der Waals surface area contributed by atoms with Gasteiger partial charge < -0.3 is 9.52 Å². The third-order valence-corrected chi connectivity index (χ3v) is 4.09. The molecule has 1 aromatic heterocycles. The Morgan fingerprint density at radius 2 is 1.80 bits per heavy atom. The Bertz CT molecular complexity index is 696. The number of fused-ring (bicyclic) bond motifs is 1. The maximum atomic E-state index is 12.1. The fourth-order valence-corrected chi connectivity index (χ4v) is 2.57. The third kappa shape index (κ3) is 2.45. The van der Waals surface area contributed by atoms with Crippen molar-refractivity contribution in [3.8, 4) is 5.75 Å². The SMILES string of the molecule is CCCCCc1cc2c(C)c(O)c(C)c(C)c2oc1=O. The molecule has 0 spiro atoms. The van der Waals surface area contributed by atoms with E-state index in [2.05, 4.69) is 6.92 Å². The van der Waals surface area contributed by atoms with Crippen LogP contribution in [0.15, 0.2) is 15.3 Å². The molecule has 1 N–H and O–H groups in total. The summed E-state index contributed by atoms with van der Waals surface area (Å²) in [7, 11) is 0. The molecule has 0 saturated heterocycles. The minimum atomic E-state index is -0.249. The lowest BCUT2D eigenvalue weighted by Gasteiger charge is -2.12. The van der Waals surface area contributed by atoms with Crippen LogP contribution in [-0.4, -0.2) is 5.11 Å². The third-order valence-electron chi connectivity index (χ3n) is 4.09. The summed E-state index contributed by atoms with van der Waals surface area (Å²) in [5.41, 5.74) is 3.45. The quantitative estimate of drug-likeness (QED) is 0.673. The van der Waals surface area contributed by atoms with Gasteiger partial charge in [0.2, 0.25) is 0 Å². The molecule has 2 rings (SSSR count). The number of rotatable bonds is 4. The maximum absolute atomic E-state index is 12.1. The Morgan fingerprint density at radius 1 is 1.10 bits per heavy atom. The molecule has 3 nitrogen and oxygen atoms in total. The number of hydrogen-bond acceptors (Lipinski definition) is 3. The van der Waals surface area contributed by atoms with Crippen LogP contribution < -0.4 is 5.63 Å². The molecule has 0 fully saturated rings. The fourth-order valence-electron chi connectivity index (χ4n) is 2.57. The predicted molar refractivity (Wildman–Crippen MR) is 81.6 cm³/mol. The van der Waals surface area contributed by atoms with E-state index in [-0.39, 0.29) is 5.63 Å². The molecule has 1 heterocycles. The zero-order valence-corrected chi connectivity index (χ0v) is 12.7. The molecular weight excluding hydrogens is 252 g/mol. The lowest BCUT2D eigenvalue weighted by molar-refractivity contribution is 0.465. The molecule has 0 aliphatic rings. The van der Waals surface area contributed by atoms with Gasteiger partial charge in [0, 0.05) is 16.5 Å². The fraction of sp³-hybridized carbons (Fsp3) is 0.471. The first-order chi connectivity index (χ1) is 9.47. The van der Waals surface area contributed by atoms with Crippen molar-refractivity contribution in [2.24, 2.45) is 0 Å². The molecule has 3 heteroatoms. The monoisotopic (exact) mass is 274 g/mol. The molecule has 0 aliphatic carbocycles. The van der Waals surface area contributed by atoms with Gasteiger partial charge in [-0.05, 0) is 50.8 Å². The van der Waals surface area contributed by atoms with Crippen molar-refractivity contribution in [3.05, 3.63) is 38.7 Å². The molecule has 0 radical (unpaired) electrons. The van der Waals surface area contributed by atoms with Crippen molar-refractivity contribution >= 4 is 11.0 Å². The highest BCUT2D eigenvalue weighted by atomic mass is 16.4. The van der Waals surface area contributed by atoms with Crippen molar-refractivity contribution in [3.63, 3.8) is 0 Å². The molecular formula is C17H22O3. The lowest BCUT2D eigenvalue weighted by atomic mass is 9.98. The smallest absolute Gasteiger partial charge is 0.339 e. The van der Waals surface area contributed by atoms with Crippen LogP contribution in [0, 0.1) is 20.8 Å². The van der Waals surface area contributed by atoms with Gasteiger partial charge in [-0.2, -0.15) is 0 Å². The van der Waals surface area contributed by atoms with Gasteiger partial charge in [0.1, 0.15) is 11.3 Å². The minimum Gasteiger partial charge on any atom is -0.507 e. The second kappa shape index (κ2) is 5.70. The van der Waals surface area contributed by atoms with Gasteiger partial charge in [-0.25, -0.2) is 4.79 Å². The maximum Gasteiger partial charge on any atom is 0.339 e. The summed E-state index contributed by atoms with van der Waals surface area (Å²) in [5, 5.41) is 11.0. The van der Waals surface area contributed by atoms with Gasteiger partial charge in [-0.1, -0.05) is 19.8 Å². The molecule has 20 heavy (non-hydrogen) atoms. The van der Waals surface area contributed by atoms with Crippen molar-refractivity contribution < 1.29 is 9.52 Å². The normalized spacial score (nSPS) is 11.2. The van der Waals surface area contributed by atoms with Crippen LogP contribution in [0.5, 0.6) is 5.75 Å². The van der Waals surface area contributed by atoms with Gasteiger partial charge in [-0.15, -0.1) is 0 Å². The van der Waals surface area contributed by atoms with E-state index in [1.54, 1.807) is 0 Å². The van der Waals surface area contributed by atoms with Gasteiger partial charge in [0.05, 0.1) is 0 Å². The number of phenolic OH excluding ortho intramolecular Hbond substituents is 1. The zero-order valence-electron chi connectivity index (χ0n) is 12.7. The van der Waals surface area contributed by atoms with Crippen molar-refractivity contribution in [2.45, 2.75) is 53.4 Å². The molecule has 0 atom stereocenters. The van der Waals surface area contributed by atoms with E-state index < -0.39 is 0 Å². The number of aromatic hydroxyl groups is 1. The molecule has 108 valence electrons. The van der Waals surface area contributed by atoms with Gasteiger partial charge in [0.25, 0.3) is 0 Å². The second-order valence-corrected chi connectivity index (χ2v) is 5.48. The minimum absolute atomic E-state index is 0.249. The number of hydrogen-bond donors (Lipinski definition) is 1. The molecule has 1 aromatic carbocycles. The van der Waals surface area contributed by atoms with Crippen LogP contribution in [-0.2, 0) is 6.42 Å². The van der Waals surface area contributed by atoms with Crippen LogP contribution in [0.2, 0.25) is 0 Å². The summed E-state index contributed by atoms with van der Waals surface area (Å²) in [6.45, 7) is 7.71.